The fourth-order valence-corrected chi connectivity index (χ4v) is 2.30. The monoisotopic (exact) mass is 322 g/mol. The van der Waals surface area contributed by atoms with Crippen molar-refractivity contribution < 1.29 is 9.59 Å². The molecule has 0 saturated carbocycles. The fourth-order valence-electron chi connectivity index (χ4n) is 2.30. The Hall–Kier alpha value is -3.33. The molecule has 0 aliphatic carbocycles. The van der Waals surface area contributed by atoms with E-state index in [2.05, 4.69) is 10.7 Å². The van der Waals surface area contributed by atoms with Gasteiger partial charge in [0.25, 0.3) is 11.8 Å². The Morgan fingerprint density at radius 1 is 1.21 bits per heavy atom. The molecule has 0 saturated heterocycles. The highest BCUT2D eigenvalue weighted by atomic mass is 16.2. The molecule has 24 heavy (non-hydrogen) atoms. The van der Waals surface area contributed by atoms with Gasteiger partial charge in [-0.1, -0.05) is 18.2 Å². The lowest BCUT2D eigenvalue weighted by Crippen LogP contribution is -2.24. The Morgan fingerprint density at radius 2 is 1.88 bits per heavy atom. The van der Waals surface area contributed by atoms with E-state index in [1.807, 2.05) is 26.0 Å². The van der Waals surface area contributed by atoms with Gasteiger partial charge < -0.3 is 5.32 Å². The fraction of sp³-hybridized carbons (Fsp3) is 0.167. The van der Waals surface area contributed by atoms with E-state index in [-0.39, 0.29) is 11.5 Å². The first kappa shape index (κ1) is 17.0. The second-order valence-corrected chi connectivity index (χ2v) is 5.22. The number of hydrogen-bond acceptors (Lipinski definition) is 3. The van der Waals surface area contributed by atoms with E-state index in [9.17, 15) is 9.59 Å². The van der Waals surface area contributed by atoms with E-state index in [1.165, 1.54) is 13.1 Å². The molecule has 2 aromatic rings. The Labute approximate surface area is 140 Å². The average Bonchev–Trinajstić information content (AvgIpc) is 2.87. The number of amides is 2. The minimum atomic E-state index is -0.448. The normalized spacial score (nSPS) is 10.8. The largest absolute Gasteiger partial charge is 0.354 e. The third-order valence-electron chi connectivity index (χ3n) is 3.61. The number of carbonyl (C=O) groups excluding carboxylic acids is 2. The average molecular weight is 322 g/mol. The quantitative estimate of drug-likeness (QED) is 0.668. The third-order valence-corrected chi connectivity index (χ3v) is 3.61. The van der Waals surface area contributed by atoms with E-state index in [0.29, 0.717) is 11.1 Å². The third kappa shape index (κ3) is 3.52. The summed E-state index contributed by atoms with van der Waals surface area (Å²) >= 11 is 0. The molecule has 2 N–H and O–H groups in total. The van der Waals surface area contributed by atoms with Crippen molar-refractivity contribution in [3.8, 4) is 6.07 Å². The summed E-state index contributed by atoms with van der Waals surface area (Å²) in [6.45, 7) is 3.64. The Balaban J connectivity index is 2.33. The van der Waals surface area contributed by atoms with Crippen LogP contribution in [-0.4, -0.2) is 23.5 Å². The molecular formula is C18H18N4O2. The number of likely N-dealkylation sites (N-methyl/N-ethyl adjacent to an activating group) is 1. The van der Waals surface area contributed by atoms with E-state index in [0.717, 1.165) is 11.4 Å². The Bertz CT molecular complexity index is 842. The Morgan fingerprint density at radius 3 is 2.46 bits per heavy atom. The van der Waals surface area contributed by atoms with Crippen LogP contribution in [-0.2, 0) is 4.79 Å². The zero-order valence-corrected chi connectivity index (χ0v) is 13.8. The molecule has 0 spiro atoms. The van der Waals surface area contributed by atoms with Crippen LogP contribution >= 0.6 is 0 Å². The molecule has 1 aromatic carbocycles. The maximum atomic E-state index is 12.3. The molecule has 0 aliphatic heterocycles. The van der Waals surface area contributed by atoms with Gasteiger partial charge in [0.1, 0.15) is 11.6 Å². The van der Waals surface area contributed by atoms with Gasteiger partial charge in [0, 0.05) is 24.0 Å². The van der Waals surface area contributed by atoms with Crippen LogP contribution in [0, 0.1) is 25.2 Å². The first-order valence-corrected chi connectivity index (χ1v) is 7.37. The predicted octanol–water partition coefficient (Wildman–Crippen LogP) is 2.14. The van der Waals surface area contributed by atoms with Crippen LogP contribution in [0.25, 0.3) is 6.08 Å². The molecule has 122 valence electrons. The van der Waals surface area contributed by atoms with Crippen LogP contribution in [0.4, 0.5) is 0 Å². The molecule has 0 aliphatic rings. The van der Waals surface area contributed by atoms with Crippen molar-refractivity contribution in [1.82, 2.24) is 9.99 Å². The number of nitrogens with zero attached hydrogens (tertiary/aromatic N) is 2. The molecule has 0 bridgehead atoms. The highest BCUT2D eigenvalue weighted by Crippen LogP contribution is 2.17. The summed E-state index contributed by atoms with van der Waals surface area (Å²) in [5, 5.41) is 11.5. The summed E-state index contributed by atoms with van der Waals surface area (Å²) < 4.78 is 1.64. The minimum absolute atomic E-state index is 0.00661. The highest BCUT2D eigenvalue weighted by Gasteiger charge is 2.14. The Kier molecular flexibility index (Phi) is 5.17. The van der Waals surface area contributed by atoms with Gasteiger partial charge in [-0.05, 0) is 43.7 Å². The number of aromatic nitrogens is 1. The summed E-state index contributed by atoms with van der Waals surface area (Å²) in [7, 11) is 1.47. The van der Waals surface area contributed by atoms with Gasteiger partial charge in [-0.15, -0.1) is 0 Å². The summed E-state index contributed by atoms with van der Waals surface area (Å²) in [5.41, 5.74) is 5.58. The van der Waals surface area contributed by atoms with Crippen molar-refractivity contribution >= 4 is 17.9 Å². The molecule has 0 unspecified atom stereocenters. The van der Waals surface area contributed by atoms with Crippen LogP contribution in [0.2, 0.25) is 0 Å². The zero-order chi connectivity index (χ0) is 17.7. The van der Waals surface area contributed by atoms with Crippen molar-refractivity contribution in [3.63, 3.8) is 0 Å². The molecule has 2 amide bonds. The SMILES string of the molecule is CNC(=O)/C(C#N)=C\c1cc(C)n(NC(=O)c2ccccc2)c1C. The lowest BCUT2D eigenvalue weighted by Gasteiger charge is -2.11. The first-order chi connectivity index (χ1) is 11.5. The van der Waals surface area contributed by atoms with Gasteiger partial charge in [-0.2, -0.15) is 5.26 Å². The van der Waals surface area contributed by atoms with Crippen molar-refractivity contribution in [1.29, 1.82) is 5.26 Å². The van der Waals surface area contributed by atoms with Gasteiger partial charge in [0.2, 0.25) is 0 Å². The summed E-state index contributed by atoms with van der Waals surface area (Å²) in [4.78, 5) is 23.9. The number of hydrogen-bond donors (Lipinski definition) is 2. The van der Waals surface area contributed by atoms with Crippen LogP contribution in [0.5, 0.6) is 0 Å². The lowest BCUT2D eigenvalue weighted by molar-refractivity contribution is -0.116. The number of aryl methyl sites for hydroxylation is 1. The van der Waals surface area contributed by atoms with Crippen LogP contribution in [0.15, 0.2) is 42.0 Å². The van der Waals surface area contributed by atoms with Gasteiger partial charge in [0.05, 0.1) is 0 Å². The van der Waals surface area contributed by atoms with E-state index in [4.69, 9.17) is 5.26 Å². The maximum absolute atomic E-state index is 12.3. The molecule has 2 rings (SSSR count). The minimum Gasteiger partial charge on any atom is -0.354 e. The lowest BCUT2D eigenvalue weighted by atomic mass is 10.1. The summed E-state index contributed by atoms with van der Waals surface area (Å²) in [6.07, 6.45) is 1.51. The topological polar surface area (TPSA) is 86.9 Å². The zero-order valence-electron chi connectivity index (χ0n) is 13.8. The number of nitriles is 1. The smallest absolute Gasteiger partial charge is 0.270 e. The number of rotatable bonds is 4. The van der Waals surface area contributed by atoms with Gasteiger partial charge in [-0.25, -0.2) is 0 Å². The van der Waals surface area contributed by atoms with Crippen LogP contribution < -0.4 is 10.7 Å². The summed E-state index contributed by atoms with van der Waals surface area (Å²) in [6, 6.07) is 12.6. The van der Waals surface area contributed by atoms with Gasteiger partial charge >= 0.3 is 0 Å². The van der Waals surface area contributed by atoms with Gasteiger partial charge in [-0.3, -0.25) is 19.7 Å². The molecule has 6 heteroatoms. The second kappa shape index (κ2) is 7.29. The van der Waals surface area contributed by atoms with Crippen LogP contribution in [0.1, 0.15) is 27.3 Å². The molecule has 1 heterocycles. The van der Waals surface area contributed by atoms with Crippen LogP contribution in [0.3, 0.4) is 0 Å². The van der Waals surface area contributed by atoms with E-state index >= 15 is 0 Å². The standard InChI is InChI=1S/C18H18N4O2/c1-12-9-15(10-16(11-19)17(23)20-3)13(2)22(12)21-18(24)14-7-5-4-6-8-14/h4-10H,1-3H3,(H,20,23)(H,21,24)/b16-10-. The molecule has 0 fully saturated rings. The molecule has 1 aromatic heterocycles. The number of carbonyl (C=O) groups is 2. The first-order valence-electron chi connectivity index (χ1n) is 7.37. The number of benzene rings is 1. The van der Waals surface area contributed by atoms with Crippen molar-refractivity contribution in [2.45, 2.75) is 13.8 Å². The van der Waals surface area contributed by atoms with E-state index in [1.54, 1.807) is 35.0 Å². The molecular weight excluding hydrogens is 304 g/mol. The maximum Gasteiger partial charge on any atom is 0.270 e. The van der Waals surface area contributed by atoms with Crippen molar-refractivity contribution in [3.05, 3.63) is 64.5 Å². The van der Waals surface area contributed by atoms with Crippen molar-refractivity contribution in [2.75, 3.05) is 12.5 Å². The van der Waals surface area contributed by atoms with Gasteiger partial charge in [0.15, 0.2) is 0 Å². The molecule has 0 radical (unpaired) electrons. The van der Waals surface area contributed by atoms with E-state index < -0.39 is 5.91 Å². The molecule has 6 nitrogen and oxygen atoms in total. The predicted molar refractivity (Wildman–Crippen MR) is 91.7 cm³/mol. The molecule has 0 atom stereocenters. The summed E-state index contributed by atoms with van der Waals surface area (Å²) in [5.74, 6) is -0.685. The second-order valence-electron chi connectivity index (χ2n) is 5.22. The van der Waals surface area contributed by atoms with Crippen molar-refractivity contribution in [2.24, 2.45) is 0 Å². The number of nitrogens with one attached hydrogen (secondary N) is 2. The highest BCUT2D eigenvalue weighted by molar-refractivity contribution is 6.02.